The Morgan fingerprint density at radius 1 is 1.32 bits per heavy atom. The summed E-state index contributed by atoms with van der Waals surface area (Å²) in [6.07, 6.45) is 2.44. The molecule has 1 atom stereocenters. The first-order valence-electron chi connectivity index (χ1n) is 6.98. The van der Waals surface area contributed by atoms with Crippen LogP contribution in [0.25, 0.3) is 0 Å². The van der Waals surface area contributed by atoms with E-state index in [-0.39, 0.29) is 23.5 Å². The molecule has 0 saturated carbocycles. The summed E-state index contributed by atoms with van der Waals surface area (Å²) in [7, 11) is 0. The van der Waals surface area contributed by atoms with Crippen molar-refractivity contribution in [2.45, 2.75) is 64.2 Å². The Kier molecular flexibility index (Phi) is 3.60. The fourth-order valence-electron chi connectivity index (χ4n) is 2.82. The van der Waals surface area contributed by atoms with Gasteiger partial charge in [-0.1, -0.05) is 0 Å². The van der Waals surface area contributed by atoms with E-state index in [1.807, 2.05) is 0 Å². The van der Waals surface area contributed by atoms with E-state index in [0.717, 1.165) is 12.8 Å². The molecule has 0 aromatic heterocycles. The Morgan fingerprint density at radius 2 is 2.00 bits per heavy atom. The molecule has 1 unspecified atom stereocenters. The van der Waals surface area contributed by atoms with E-state index in [1.54, 1.807) is 18.7 Å². The van der Waals surface area contributed by atoms with Crippen LogP contribution in [-0.4, -0.2) is 47.0 Å². The molecule has 2 amide bonds. The molecule has 19 heavy (non-hydrogen) atoms. The summed E-state index contributed by atoms with van der Waals surface area (Å²) in [4.78, 5) is 25.8. The fraction of sp³-hybridized carbons (Fsp3) is 0.857. The molecule has 5 heteroatoms. The van der Waals surface area contributed by atoms with E-state index in [1.165, 1.54) is 0 Å². The molecule has 1 N–H and O–H groups in total. The second-order valence-electron chi connectivity index (χ2n) is 6.71. The molecule has 0 aromatic carbocycles. The molecule has 5 nitrogen and oxygen atoms in total. The van der Waals surface area contributed by atoms with Crippen molar-refractivity contribution in [1.82, 2.24) is 10.2 Å². The van der Waals surface area contributed by atoms with E-state index in [2.05, 4.69) is 19.2 Å². The van der Waals surface area contributed by atoms with Gasteiger partial charge in [-0.25, -0.2) is 0 Å². The first kappa shape index (κ1) is 14.3. The molecule has 0 bridgehead atoms. The Hall–Kier alpha value is -1.10. The van der Waals surface area contributed by atoms with Gasteiger partial charge in [-0.15, -0.1) is 0 Å². The van der Waals surface area contributed by atoms with Crippen LogP contribution >= 0.6 is 0 Å². The lowest BCUT2D eigenvalue weighted by Gasteiger charge is -2.31. The standard InChI is InChI=1S/C14H24N2O3/c1-13(2)7-5-10(19-13)9-16-8-6-11(17)15-14(3,4)12(16)18/h10H,5-9H2,1-4H3,(H,15,17). The molecule has 2 heterocycles. The number of amides is 2. The molecule has 2 aliphatic rings. The van der Waals surface area contributed by atoms with Gasteiger partial charge in [-0.3, -0.25) is 9.59 Å². The Labute approximate surface area is 114 Å². The summed E-state index contributed by atoms with van der Waals surface area (Å²) in [5, 5.41) is 2.77. The van der Waals surface area contributed by atoms with Crippen LogP contribution in [0.3, 0.4) is 0 Å². The molecule has 2 rings (SSSR count). The third-order valence-electron chi connectivity index (χ3n) is 3.86. The van der Waals surface area contributed by atoms with Gasteiger partial charge in [0.05, 0.1) is 11.7 Å². The molecule has 0 spiro atoms. The zero-order valence-corrected chi connectivity index (χ0v) is 12.3. The maximum atomic E-state index is 12.4. The minimum atomic E-state index is -0.818. The molecule has 0 aromatic rings. The monoisotopic (exact) mass is 268 g/mol. The highest BCUT2D eigenvalue weighted by Crippen LogP contribution is 2.30. The fourth-order valence-corrected chi connectivity index (χ4v) is 2.82. The van der Waals surface area contributed by atoms with Crippen LogP contribution in [0.15, 0.2) is 0 Å². The minimum absolute atomic E-state index is 0.0216. The lowest BCUT2D eigenvalue weighted by molar-refractivity contribution is -0.139. The van der Waals surface area contributed by atoms with Gasteiger partial charge in [0, 0.05) is 19.5 Å². The van der Waals surface area contributed by atoms with E-state index in [9.17, 15) is 9.59 Å². The van der Waals surface area contributed by atoms with Crippen molar-refractivity contribution in [3.63, 3.8) is 0 Å². The molecule has 2 fully saturated rings. The highest BCUT2D eigenvalue weighted by atomic mass is 16.5. The van der Waals surface area contributed by atoms with Gasteiger partial charge in [0.15, 0.2) is 0 Å². The molecule has 2 aliphatic heterocycles. The van der Waals surface area contributed by atoms with E-state index in [0.29, 0.717) is 19.5 Å². The average molecular weight is 268 g/mol. The largest absolute Gasteiger partial charge is 0.371 e. The second-order valence-corrected chi connectivity index (χ2v) is 6.71. The summed E-state index contributed by atoms with van der Waals surface area (Å²) in [5.41, 5.74) is -0.912. The van der Waals surface area contributed by atoms with Crippen molar-refractivity contribution in [1.29, 1.82) is 0 Å². The molecular formula is C14H24N2O3. The predicted octanol–water partition coefficient (Wildman–Crippen LogP) is 1.07. The van der Waals surface area contributed by atoms with Crippen LogP contribution in [0, 0.1) is 0 Å². The van der Waals surface area contributed by atoms with Gasteiger partial charge in [0.2, 0.25) is 11.8 Å². The SMILES string of the molecule is CC1(C)CCC(CN2CCC(=O)NC(C)(C)C2=O)O1. The second kappa shape index (κ2) is 4.78. The van der Waals surface area contributed by atoms with Crippen LogP contribution in [0.1, 0.15) is 47.0 Å². The highest BCUT2D eigenvalue weighted by Gasteiger charge is 2.39. The number of carbonyl (C=O) groups excluding carboxylic acids is 2. The van der Waals surface area contributed by atoms with Crippen molar-refractivity contribution >= 4 is 11.8 Å². The van der Waals surface area contributed by atoms with Gasteiger partial charge in [-0.05, 0) is 40.5 Å². The molecule has 0 aliphatic carbocycles. The number of ether oxygens (including phenoxy) is 1. The molecule has 0 radical (unpaired) electrons. The molecule has 2 saturated heterocycles. The van der Waals surface area contributed by atoms with Crippen molar-refractivity contribution in [3.05, 3.63) is 0 Å². The number of rotatable bonds is 2. The predicted molar refractivity (Wildman–Crippen MR) is 71.6 cm³/mol. The molecular weight excluding hydrogens is 244 g/mol. The van der Waals surface area contributed by atoms with Crippen LogP contribution in [0.4, 0.5) is 0 Å². The van der Waals surface area contributed by atoms with Gasteiger partial charge < -0.3 is 15.0 Å². The summed E-state index contributed by atoms with van der Waals surface area (Å²) in [6, 6.07) is 0. The van der Waals surface area contributed by atoms with Gasteiger partial charge in [0.25, 0.3) is 0 Å². The van der Waals surface area contributed by atoms with E-state index >= 15 is 0 Å². The Balaban J connectivity index is 2.03. The number of carbonyl (C=O) groups is 2. The third-order valence-corrected chi connectivity index (χ3v) is 3.86. The average Bonchev–Trinajstić information content (AvgIpc) is 2.57. The minimum Gasteiger partial charge on any atom is -0.371 e. The Morgan fingerprint density at radius 3 is 2.58 bits per heavy atom. The van der Waals surface area contributed by atoms with Crippen LogP contribution < -0.4 is 5.32 Å². The summed E-state index contributed by atoms with van der Waals surface area (Å²) in [6.45, 7) is 8.73. The van der Waals surface area contributed by atoms with Crippen LogP contribution in [-0.2, 0) is 14.3 Å². The van der Waals surface area contributed by atoms with Crippen LogP contribution in [0.5, 0.6) is 0 Å². The maximum absolute atomic E-state index is 12.4. The lowest BCUT2D eigenvalue weighted by atomic mass is 10.0. The van der Waals surface area contributed by atoms with Gasteiger partial charge >= 0.3 is 0 Å². The maximum Gasteiger partial charge on any atom is 0.247 e. The van der Waals surface area contributed by atoms with Crippen LogP contribution in [0.2, 0.25) is 0 Å². The quantitative estimate of drug-likeness (QED) is 0.815. The van der Waals surface area contributed by atoms with Gasteiger partial charge in [0.1, 0.15) is 5.54 Å². The Bertz CT molecular complexity index is 390. The van der Waals surface area contributed by atoms with Crippen molar-refractivity contribution in [3.8, 4) is 0 Å². The summed E-state index contributed by atoms with van der Waals surface area (Å²) >= 11 is 0. The smallest absolute Gasteiger partial charge is 0.247 e. The summed E-state index contributed by atoms with van der Waals surface area (Å²) < 4.78 is 5.94. The highest BCUT2D eigenvalue weighted by molar-refractivity contribution is 5.92. The zero-order chi connectivity index (χ0) is 14.3. The lowest BCUT2D eigenvalue weighted by Crippen LogP contribution is -2.54. The first-order valence-corrected chi connectivity index (χ1v) is 6.98. The number of hydrogen-bond acceptors (Lipinski definition) is 3. The zero-order valence-electron chi connectivity index (χ0n) is 12.3. The van der Waals surface area contributed by atoms with Crippen molar-refractivity contribution in [2.24, 2.45) is 0 Å². The number of hydrogen-bond donors (Lipinski definition) is 1. The molecule has 108 valence electrons. The third kappa shape index (κ3) is 3.26. The number of nitrogens with zero attached hydrogens (tertiary/aromatic N) is 1. The van der Waals surface area contributed by atoms with E-state index < -0.39 is 5.54 Å². The van der Waals surface area contributed by atoms with E-state index in [4.69, 9.17) is 4.74 Å². The van der Waals surface area contributed by atoms with Crippen molar-refractivity contribution < 1.29 is 14.3 Å². The number of nitrogens with one attached hydrogen (secondary N) is 1. The van der Waals surface area contributed by atoms with Crippen molar-refractivity contribution in [2.75, 3.05) is 13.1 Å². The first-order chi connectivity index (χ1) is 8.70. The van der Waals surface area contributed by atoms with Gasteiger partial charge in [-0.2, -0.15) is 0 Å². The normalized spacial score (nSPS) is 30.1. The summed E-state index contributed by atoms with van der Waals surface area (Å²) in [5.74, 6) is -0.0832. The topological polar surface area (TPSA) is 58.6 Å².